The smallest absolute Gasteiger partial charge is 0.193 e. The number of thioether (sulfide) groups is 1. The second kappa shape index (κ2) is 9.65. The van der Waals surface area contributed by atoms with Crippen LogP contribution in [-0.2, 0) is 6.54 Å². The Morgan fingerprint density at radius 3 is 2.81 bits per heavy atom. The average Bonchev–Trinajstić information content (AvgIpc) is 2.69. The van der Waals surface area contributed by atoms with E-state index in [0.29, 0.717) is 5.25 Å². The number of nitrogens with one attached hydrogen (secondary N) is 1. The van der Waals surface area contributed by atoms with Gasteiger partial charge in [0.25, 0.3) is 0 Å². The van der Waals surface area contributed by atoms with Crippen molar-refractivity contribution in [3.8, 4) is 0 Å². The molecule has 0 aromatic heterocycles. The molecule has 144 valence electrons. The molecule has 2 saturated heterocycles. The number of rotatable bonds is 5. The lowest BCUT2D eigenvalue weighted by molar-refractivity contribution is 0.0373. The molecule has 1 N–H and O–H groups in total. The predicted molar refractivity (Wildman–Crippen MR) is 114 cm³/mol. The van der Waals surface area contributed by atoms with Crippen molar-refractivity contribution in [2.45, 2.75) is 44.0 Å². The highest BCUT2D eigenvalue weighted by Gasteiger charge is 2.36. The van der Waals surface area contributed by atoms with Crippen LogP contribution >= 0.6 is 11.8 Å². The molecule has 0 spiro atoms. The van der Waals surface area contributed by atoms with Gasteiger partial charge in [-0.15, -0.1) is 0 Å². The molecule has 0 saturated carbocycles. The number of hydrogen-bond acceptors (Lipinski definition) is 3. The third-order valence-electron chi connectivity index (χ3n) is 5.87. The molecular weight excluding hydrogens is 340 g/mol. The van der Waals surface area contributed by atoms with Crippen molar-refractivity contribution < 1.29 is 0 Å². The zero-order valence-electron chi connectivity index (χ0n) is 16.5. The molecular formula is C21H34N4S. The molecule has 2 heterocycles. The fraction of sp³-hybridized carbons (Fsp3) is 0.667. The first-order valence-electron chi connectivity index (χ1n) is 9.97. The van der Waals surface area contributed by atoms with E-state index in [0.717, 1.165) is 44.1 Å². The summed E-state index contributed by atoms with van der Waals surface area (Å²) in [7, 11) is 1.92. The molecule has 1 aromatic rings. The van der Waals surface area contributed by atoms with Gasteiger partial charge in [0.15, 0.2) is 5.96 Å². The molecule has 26 heavy (non-hydrogen) atoms. The van der Waals surface area contributed by atoms with Crippen molar-refractivity contribution in [1.29, 1.82) is 0 Å². The minimum atomic E-state index is 0.611. The number of guanidine groups is 1. The summed E-state index contributed by atoms with van der Waals surface area (Å²) in [5.74, 6) is 1.85. The summed E-state index contributed by atoms with van der Waals surface area (Å²) in [6.45, 7) is 7.84. The molecule has 0 bridgehead atoms. The molecule has 2 aliphatic heterocycles. The standard InChI is InChI=1S/C21H34N4S/c1-17(26-3)14-23-21(22-2)25-13-11-20-19(16-25)10-7-12-24(20)15-18-8-5-4-6-9-18/h4-6,8-9,17,19-20H,7,10-16H2,1-3H3,(H,22,23). The number of nitrogens with zero attached hydrogens (tertiary/aromatic N) is 3. The largest absolute Gasteiger partial charge is 0.355 e. The number of likely N-dealkylation sites (tertiary alicyclic amines) is 2. The van der Waals surface area contributed by atoms with E-state index in [4.69, 9.17) is 0 Å². The zero-order valence-corrected chi connectivity index (χ0v) is 17.3. The molecule has 1 aromatic carbocycles. The fourth-order valence-electron chi connectivity index (χ4n) is 4.36. The fourth-order valence-corrected chi connectivity index (χ4v) is 4.61. The minimum absolute atomic E-state index is 0.611. The quantitative estimate of drug-likeness (QED) is 0.633. The van der Waals surface area contributed by atoms with Crippen LogP contribution in [-0.4, -0.2) is 66.5 Å². The van der Waals surface area contributed by atoms with E-state index < -0.39 is 0 Å². The van der Waals surface area contributed by atoms with Crippen molar-refractivity contribution in [1.82, 2.24) is 15.1 Å². The number of fused-ring (bicyclic) bond motifs is 1. The predicted octanol–water partition coefficient (Wildman–Crippen LogP) is 3.30. The van der Waals surface area contributed by atoms with Gasteiger partial charge in [0.2, 0.25) is 0 Å². The van der Waals surface area contributed by atoms with Crippen molar-refractivity contribution >= 4 is 17.7 Å². The van der Waals surface area contributed by atoms with E-state index in [1.807, 2.05) is 18.8 Å². The minimum Gasteiger partial charge on any atom is -0.355 e. The molecule has 0 amide bonds. The van der Waals surface area contributed by atoms with Crippen LogP contribution < -0.4 is 5.32 Å². The van der Waals surface area contributed by atoms with E-state index in [1.54, 1.807) is 0 Å². The highest BCUT2D eigenvalue weighted by Crippen LogP contribution is 2.31. The molecule has 2 aliphatic rings. The number of piperidine rings is 2. The number of benzene rings is 1. The van der Waals surface area contributed by atoms with Crippen molar-refractivity contribution in [2.75, 3.05) is 39.5 Å². The Morgan fingerprint density at radius 1 is 1.27 bits per heavy atom. The van der Waals surface area contributed by atoms with Crippen molar-refractivity contribution in [3.63, 3.8) is 0 Å². The van der Waals surface area contributed by atoms with Gasteiger partial charge in [-0.25, -0.2) is 0 Å². The van der Waals surface area contributed by atoms with Gasteiger partial charge in [0.05, 0.1) is 0 Å². The van der Waals surface area contributed by atoms with Gasteiger partial charge < -0.3 is 10.2 Å². The second-order valence-electron chi connectivity index (χ2n) is 7.63. The van der Waals surface area contributed by atoms with Gasteiger partial charge in [-0.1, -0.05) is 37.3 Å². The van der Waals surface area contributed by atoms with Gasteiger partial charge in [-0.3, -0.25) is 9.89 Å². The summed E-state index contributed by atoms with van der Waals surface area (Å²) in [5, 5.41) is 4.19. The van der Waals surface area contributed by atoms with Crippen LogP contribution in [0.4, 0.5) is 0 Å². The van der Waals surface area contributed by atoms with Gasteiger partial charge in [-0.05, 0) is 43.5 Å². The Bertz CT molecular complexity index is 577. The van der Waals surface area contributed by atoms with E-state index in [1.165, 1.54) is 31.4 Å². The van der Waals surface area contributed by atoms with Gasteiger partial charge in [0.1, 0.15) is 0 Å². The number of aliphatic imine (C=N–C) groups is 1. The lowest BCUT2D eigenvalue weighted by Gasteiger charge is -2.48. The third-order valence-corrected chi connectivity index (χ3v) is 6.84. The van der Waals surface area contributed by atoms with E-state index >= 15 is 0 Å². The number of hydrogen-bond donors (Lipinski definition) is 1. The first-order valence-corrected chi connectivity index (χ1v) is 11.3. The molecule has 2 fully saturated rings. The maximum absolute atomic E-state index is 4.55. The van der Waals surface area contributed by atoms with Gasteiger partial charge >= 0.3 is 0 Å². The topological polar surface area (TPSA) is 30.9 Å². The van der Waals surface area contributed by atoms with Crippen LogP contribution in [0.25, 0.3) is 0 Å². The van der Waals surface area contributed by atoms with Gasteiger partial charge in [-0.2, -0.15) is 11.8 Å². The SMILES string of the molecule is CN=C(NCC(C)SC)N1CCC2C(CCCN2Cc2ccccc2)C1. The Balaban J connectivity index is 1.58. The molecule has 0 radical (unpaired) electrons. The first-order chi connectivity index (χ1) is 12.7. The summed E-state index contributed by atoms with van der Waals surface area (Å²) in [5.41, 5.74) is 1.44. The van der Waals surface area contributed by atoms with Crippen LogP contribution in [0.15, 0.2) is 35.3 Å². The van der Waals surface area contributed by atoms with Crippen molar-refractivity contribution in [3.05, 3.63) is 35.9 Å². The molecule has 0 aliphatic carbocycles. The van der Waals surface area contributed by atoms with Crippen LogP contribution in [0.3, 0.4) is 0 Å². The summed E-state index contributed by atoms with van der Waals surface area (Å²) < 4.78 is 0. The maximum Gasteiger partial charge on any atom is 0.193 e. The van der Waals surface area contributed by atoms with Crippen LogP contribution in [0.2, 0.25) is 0 Å². The third kappa shape index (κ3) is 4.95. The summed E-state index contributed by atoms with van der Waals surface area (Å²) in [4.78, 5) is 9.77. The molecule has 3 atom stereocenters. The monoisotopic (exact) mass is 374 g/mol. The Hall–Kier alpha value is -1.20. The van der Waals surface area contributed by atoms with E-state index in [9.17, 15) is 0 Å². The molecule has 5 heteroatoms. The Kier molecular flexibility index (Phi) is 7.26. The maximum atomic E-state index is 4.55. The first kappa shape index (κ1) is 19.6. The lowest BCUT2D eigenvalue weighted by Crippen LogP contribution is -2.57. The van der Waals surface area contributed by atoms with Crippen LogP contribution in [0.1, 0.15) is 31.7 Å². The second-order valence-corrected chi connectivity index (χ2v) is 8.91. The molecule has 3 rings (SSSR count). The van der Waals surface area contributed by atoms with Crippen molar-refractivity contribution in [2.24, 2.45) is 10.9 Å². The summed E-state index contributed by atoms with van der Waals surface area (Å²) >= 11 is 1.90. The summed E-state index contributed by atoms with van der Waals surface area (Å²) in [6, 6.07) is 11.7. The highest BCUT2D eigenvalue weighted by atomic mass is 32.2. The normalized spacial score (nSPS) is 25.7. The molecule has 4 nitrogen and oxygen atoms in total. The zero-order chi connectivity index (χ0) is 18.4. The lowest BCUT2D eigenvalue weighted by atomic mass is 9.83. The highest BCUT2D eigenvalue weighted by molar-refractivity contribution is 7.99. The Labute approximate surface area is 163 Å². The van der Waals surface area contributed by atoms with E-state index in [2.05, 4.69) is 63.6 Å². The van der Waals surface area contributed by atoms with Crippen LogP contribution in [0.5, 0.6) is 0 Å². The van der Waals surface area contributed by atoms with Crippen LogP contribution in [0, 0.1) is 5.92 Å². The Morgan fingerprint density at radius 2 is 2.08 bits per heavy atom. The molecule has 3 unspecified atom stereocenters. The van der Waals surface area contributed by atoms with E-state index in [-0.39, 0.29) is 0 Å². The van der Waals surface area contributed by atoms with Gasteiger partial charge in [0, 0.05) is 44.5 Å². The average molecular weight is 375 g/mol. The summed E-state index contributed by atoms with van der Waals surface area (Å²) in [6.07, 6.45) is 6.09.